The Hall–Kier alpha value is -1.22. The molecule has 1 aromatic rings. The highest BCUT2D eigenvalue weighted by Crippen LogP contribution is 2.32. The molecule has 0 amide bonds. The van der Waals surface area contributed by atoms with Crippen molar-refractivity contribution < 1.29 is 9.47 Å². The summed E-state index contributed by atoms with van der Waals surface area (Å²) < 4.78 is 11.6. The molecule has 102 valence electrons. The van der Waals surface area contributed by atoms with E-state index < -0.39 is 0 Å². The van der Waals surface area contributed by atoms with E-state index in [0.29, 0.717) is 6.61 Å². The summed E-state index contributed by atoms with van der Waals surface area (Å²) in [5.74, 6) is 1.53. The molecule has 2 atom stereocenters. The van der Waals surface area contributed by atoms with E-state index in [0.717, 1.165) is 11.5 Å². The van der Waals surface area contributed by atoms with Gasteiger partial charge in [0.2, 0.25) is 0 Å². The minimum atomic E-state index is -0.0564. The maximum atomic E-state index is 6.07. The molecule has 3 nitrogen and oxygen atoms in total. The number of ether oxygens (including phenoxy) is 2. The summed E-state index contributed by atoms with van der Waals surface area (Å²) >= 11 is 0. The molecular weight excluding hydrogens is 226 g/mol. The molecule has 0 aromatic heterocycles. The van der Waals surface area contributed by atoms with Crippen LogP contribution in [-0.4, -0.2) is 18.8 Å². The van der Waals surface area contributed by atoms with Crippen LogP contribution >= 0.6 is 0 Å². The summed E-state index contributed by atoms with van der Waals surface area (Å²) in [5, 5.41) is 0. The molecule has 1 aromatic carbocycles. The molecule has 1 rings (SSSR count). The van der Waals surface area contributed by atoms with Crippen molar-refractivity contribution in [3.8, 4) is 11.5 Å². The molecule has 0 bridgehead atoms. The van der Waals surface area contributed by atoms with Gasteiger partial charge >= 0.3 is 0 Å². The fourth-order valence-electron chi connectivity index (χ4n) is 2.03. The van der Waals surface area contributed by atoms with Gasteiger partial charge in [0.15, 0.2) is 11.5 Å². The molecule has 0 heterocycles. The lowest BCUT2D eigenvalue weighted by Gasteiger charge is -2.34. The third kappa shape index (κ3) is 3.91. The Balaban J connectivity index is 2.94. The number of para-hydroxylation sites is 2. The van der Waals surface area contributed by atoms with Crippen LogP contribution in [0.15, 0.2) is 24.3 Å². The van der Waals surface area contributed by atoms with E-state index in [1.165, 1.54) is 0 Å². The van der Waals surface area contributed by atoms with E-state index in [1.807, 2.05) is 38.1 Å². The van der Waals surface area contributed by atoms with Crippen LogP contribution in [0.25, 0.3) is 0 Å². The Morgan fingerprint density at radius 3 is 2.17 bits per heavy atom. The van der Waals surface area contributed by atoms with E-state index >= 15 is 0 Å². The molecule has 0 fully saturated rings. The Morgan fingerprint density at radius 1 is 1.17 bits per heavy atom. The van der Waals surface area contributed by atoms with Crippen molar-refractivity contribution >= 4 is 0 Å². The van der Waals surface area contributed by atoms with Crippen LogP contribution in [0.3, 0.4) is 0 Å². The van der Waals surface area contributed by atoms with Crippen LogP contribution in [0.1, 0.15) is 34.6 Å². The predicted molar refractivity (Wildman–Crippen MR) is 75.1 cm³/mol. The third-order valence-electron chi connectivity index (χ3n) is 2.73. The van der Waals surface area contributed by atoms with Gasteiger partial charge in [-0.15, -0.1) is 0 Å². The summed E-state index contributed by atoms with van der Waals surface area (Å²) in [6.45, 7) is 10.9. The van der Waals surface area contributed by atoms with Gasteiger partial charge in [-0.05, 0) is 26.0 Å². The maximum Gasteiger partial charge on any atom is 0.161 e. The van der Waals surface area contributed by atoms with Crippen LogP contribution in [0, 0.1) is 5.41 Å². The summed E-state index contributed by atoms with van der Waals surface area (Å²) in [5.41, 5.74) is 6.01. The molecule has 3 heteroatoms. The number of rotatable bonds is 5. The van der Waals surface area contributed by atoms with Crippen LogP contribution in [0.5, 0.6) is 11.5 Å². The maximum absolute atomic E-state index is 6.07. The smallest absolute Gasteiger partial charge is 0.161 e. The molecule has 0 saturated carbocycles. The van der Waals surface area contributed by atoms with Gasteiger partial charge in [0.25, 0.3) is 0 Å². The lowest BCUT2D eigenvalue weighted by molar-refractivity contribution is 0.0651. The molecular formula is C15H25NO2. The second kappa shape index (κ2) is 6.10. The van der Waals surface area contributed by atoms with E-state index in [2.05, 4.69) is 20.8 Å². The molecule has 0 saturated heterocycles. The molecule has 0 radical (unpaired) electrons. The Morgan fingerprint density at radius 2 is 1.72 bits per heavy atom. The lowest BCUT2D eigenvalue weighted by atomic mass is 9.85. The Labute approximate surface area is 110 Å². The Kier molecular flexibility index (Phi) is 5.03. The average Bonchev–Trinajstić information content (AvgIpc) is 2.26. The zero-order valence-electron chi connectivity index (χ0n) is 12.1. The quantitative estimate of drug-likeness (QED) is 0.873. The van der Waals surface area contributed by atoms with Crippen LogP contribution in [0.2, 0.25) is 0 Å². The largest absolute Gasteiger partial charge is 0.490 e. The first kappa shape index (κ1) is 14.8. The fourth-order valence-corrected chi connectivity index (χ4v) is 2.03. The first-order valence-corrected chi connectivity index (χ1v) is 6.50. The van der Waals surface area contributed by atoms with Crippen LogP contribution in [-0.2, 0) is 0 Å². The summed E-state index contributed by atoms with van der Waals surface area (Å²) in [7, 11) is 0. The molecule has 2 unspecified atom stereocenters. The van der Waals surface area contributed by atoms with Crippen molar-refractivity contribution in [3.05, 3.63) is 24.3 Å². The second-order valence-electron chi connectivity index (χ2n) is 5.64. The number of hydrogen-bond donors (Lipinski definition) is 1. The predicted octanol–water partition coefficient (Wildman–Crippen LogP) is 3.23. The van der Waals surface area contributed by atoms with Gasteiger partial charge < -0.3 is 15.2 Å². The first-order chi connectivity index (χ1) is 8.36. The Bertz CT molecular complexity index is 369. The average molecular weight is 251 g/mol. The van der Waals surface area contributed by atoms with Gasteiger partial charge in [-0.1, -0.05) is 32.9 Å². The standard InChI is InChI=1S/C15H25NO2/c1-6-17-12-9-7-8-10-13(12)18-14(11(2)16)15(3,4)5/h7-11,14H,6,16H2,1-5H3. The minimum absolute atomic E-state index is 0.0203. The van der Waals surface area contributed by atoms with Crippen molar-refractivity contribution in [3.63, 3.8) is 0 Å². The minimum Gasteiger partial charge on any atom is -0.490 e. The van der Waals surface area contributed by atoms with Gasteiger partial charge in [-0.25, -0.2) is 0 Å². The van der Waals surface area contributed by atoms with E-state index in [1.54, 1.807) is 0 Å². The monoisotopic (exact) mass is 251 g/mol. The number of nitrogens with two attached hydrogens (primary N) is 1. The fraction of sp³-hybridized carbons (Fsp3) is 0.600. The first-order valence-electron chi connectivity index (χ1n) is 6.50. The van der Waals surface area contributed by atoms with Gasteiger partial charge in [0.1, 0.15) is 6.10 Å². The van der Waals surface area contributed by atoms with E-state index in [4.69, 9.17) is 15.2 Å². The topological polar surface area (TPSA) is 44.5 Å². The molecule has 18 heavy (non-hydrogen) atoms. The van der Waals surface area contributed by atoms with Crippen molar-refractivity contribution in [1.82, 2.24) is 0 Å². The normalized spacial score (nSPS) is 15.0. The summed E-state index contributed by atoms with van der Waals surface area (Å²) in [4.78, 5) is 0. The van der Waals surface area contributed by atoms with Crippen molar-refractivity contribution in [1.29, 1.82) is 0 Å². The van der Waals surface area contributed by atoms with Crippen LogP contribution in [0.4, 0.5) is 0 Å². The SMILES string of the molecule is CCOc1ccccc1OC(C(C)N)C(C)(C)C. The summed E-state index contributed by atoms with van der Waals surface area (Å²) in [6.07, 6.45) is -0.0564. The lowest BCUT2D eigenvalue weighted by Crippen LogP contribution is -2.45. The molecule has 0 spiro atoms. The summed E-state index contributed by atoms with van der Waals surface area (Å²) in [6, 6.07) is 7.68. The molecule has 0 aliphatic carbocycles. The zero-order chi connectivity index (χ0) is 13.8. The second-order valence-corrected chi connectivity index (χ2v) is 5.64. The van der Waals surface area contributed by atoms with Gasteiger partial charge in [0.05, 0.1) is 6.61 Å². The van der Waals surface area contributed by atoms with Crippen molar-refractivity contribution in [2.24, 2.45) is 11.1 Å². The number of hydrogen-bond acceptors (Lipinski definition) is 3. The zero-order valence-corrected chi connectivity index (χ0v) is 12.1. The van der Waals surface area contributed by atoms with Gasteiger partial charge in [0, 0.05) is 11.5 Å². The third-order valence-corrected chi connectivity index (χ3v) is 2.73. The molecule has 2 N–H and O–H groups in total. The highest BCUT2D eigenvalue weighted by atomic mass is 16.5. The molecule has 0 aliphatic rings. The van der Waals surface area contributed by atoms with Gasteiger partial charge in [-0.3, -0.25) is 0 Å². The van der Waals surface area contributed by atoms with Gasteiger partial charge in [-0.2, -0.15) is 0 Å². The highest BCUT2D eigenvalue weighted by molar-refractivity contribution is 5.39. The molecule has 0 aliphatic heterocycles. The highest BCUT2D eigenvalue weighted by Gasteiger charge is 2.30. The van der Waals surface area contributed by atoms with Crippen molar-refractivity contribution in [2.45, 2.75) is 46.8 Å². The van der Waals surface area contributed by atoms with E-state index in [-0.39, 0.29) is 17.6 Å². The van der Waals surface area contributed by atoms with Crippen molar-refractivity contribution in [2.75, 3.05) is 6.61 Å². The van der Waals surface area contributed by atoms with E-state index in [9.17, 15) is 0 Å². The number of benzene rings is 1. The van der Waals surface area contributed by atoms with Crippen LogP contribution < -0.4 is 15.2 Å².